The van der Waals surface area contributed by atoms with Gasteiger partial charge in [0.1, 0.15) is 15.8 Å². The number of carboxylic acid groups (broad SMARTS) is 1. The van der Waals surface area contributed by atoms with Crippen molar-refractivity contribution in [3.05, 3.63) is 68.4 Å². The van der Waals surface area contributed by atoms with E-state index in [1.54, 1.807) is 18.2 Å². The zero-order chi connectivity index (χ0) is 19.3. The number of hydrogen-bond donors (Lipinski definition) is 2. The molecule has 4 rings (SSSR count). The second-order valence-electron chi connectivity index (χ2n) is 5.67. The molecule has 0 amide bonds. The first-order chi connectivity index (χ1) is 12.9. The minimum absolute atomic E-state index is 0.0424. The number of hydrogen-bond acceptors (Lipinski definition) is 5. The Kier molecular flexibility index (Phi) is 4.26. The van der Waals surface area contributed by atoms with Crippen molar-refractivity contribution >= 4 is 68.7 Å². The van der Waals surface area contributed by atoms with Crippen LogP contribution in [0.1, 0.15) is 26.4 Å². The number of carbonyl (C=O) groups is 2. The van der Waals surface area contributed by atoms with Crippen molar-refractivity contribution in [2.45, 2.75) is 0 Å². The lowest BCUT2D eigenvalue weighted by Crippen LogP contribution is -2.12. The fourth-order valence-electron chi connectivity index (χ4n) is 2.95. The van der Waals surface area contributed by atoms with Crippen LogP contribution in [0.4, 0.5) is 5.69 Å². The van der Waals surface area contributed by atoms with E-state index in [4.69, 9.17) is 34.8 Å². The third kappa shape index (κ3) is 2.73. The Balaban J connectivity index is 1.83. The number of pyridine rings is 1. The fraction of sp³-hybridized carbons (Fsp3) is 0. The number of benzene rings is 2. The van der Waals surface area contributed by atoms with Crippen molar-refractivity contribution in [1.29, 1.82) is 0 Å². The first-order valence-electron chi connectivity index (χ1n) is 7.58. The van der Waals surface area contributed by atoms with E-state index in [1.165, 1.54) is 0 Å². The summed E-state index contributed by atoms with van der Waals surface area (Å²) >= 11 is 18.0. The summed E-state index contributed by atoms with van der Waals surface area (Å²) < 4.78 is 0. The second kappa shape index (κ2) is 6.49. The molecular formula is C18H8Cl3N3O3. The van der Waals surface area contributed by atoms with Gasteiger partial charge in [0, 0.05) is 16.5 Å². The summed E-state index contributed by atoms with van der Waals surface area (Å²) in [5.74, 6) is -1.64. The van der Waals surface area contributed by atoms with E-state index in [9.17, 15) is 14.7 Å². The molecule has 134 valence electrons. The highest BCUT2D eigenvalue weighted by molar-refractivity contribution is 6.59. The molecule has 27 heavy (non-hydrogen) atoms. The van der Waals surface area contributed by atoms with Crippen LogP contribution in [-0.2, 0) is 0 Å². The first-order valence-corrected chi connectivity index (χ1v) is 8.72. The lowest BCUT2D eigenvalue weighted by molar-refractivity contribution is 0.0690. The number of Topliss-reactive ketones (excluding diaryl/α,β-unsaturated/α-hetero) is 1. The zero-order valence-electron chi connectivity index (χ0n) is 13.3. The number of carbonyl (C=O) groups excluding carboxylic acids is 1. The summed E-state index contributed by atoms with van der Waals surface area (Å²) in [6.07, 6.45) is 0. The number of rotatable bonds is 3. The Labute approximate surface area is 167 Å². The molecule has 6 nitrogen and oxygen atoms in total. The van der Waals surface area contributed by atoms with Crippen LogP contribution in [-0.4, -0.2) is 27.6 Å². The topological polar surface area (TPSA) is 91.7 Å². The number of aromatic carboxylic acids is 1. The van der Waals surface area contributed by atoms with Crippen LogP contribution in [0.15, 0.2) is 41.5 Å². The summed E-state index contributed by atoms with van der Waals surface area (Å²) in [5.41, 5.74) is 3.43. The lowest BCUT2D eigenvalue weighted by Gasteiger charge is -2.10. The number of ketones is 1. The van der Waals surface area contributed by atoms with Gasteiger partial charge in [-0.3, -0.25) is 10.2 Å². The number of nitrogens with one attached hydrogen (secondary N) is 1. The van der Waals surface area contributed by atoms with Gasteiger partial charge in [-0.05, 0) is 5.39 Å². The van der Waals surface area contributed by atoms with Gasteiger partial charge in [0.05, 0.1) is 5.69 Å². The van der Waals surface area contributed by atoms with E-state index in [1.807, 2.05) is 18.2 Å². The zero-order valence-corrected chi connectivity index (χ0v) is 15.5. The molecule has 2 N–H and O–H groups in total. The van der Waals surface area contributed by atoms with Crippen molar-refractivity contribution in [3.8, 4) is 0 Å². The van der Waals surface area contributed by atoms with Gasteiger partial charge in [0.15, 0.2) is 10.8 Å². The molecule has 0 saturated heterocycles. The van der Waals surface area contributed by atoms with Crippen molar-refractivity contribution in [2.75, 3.05) is 5.43 Å². The van der Waals surface area contributed by atoms with Gasteiger partial charge in [-0.1, -0.05) is 71.2 Å². The van der Waals surface area contributed by atoms with Crippen molar-refractivity contribution in [1.82, 2.24) is 4.98 Å². The molecule has 0 spiro atoms. The van der Waals surface area contributed by atoms with Gasteiger partial charge < -0.3 is 5.11 Å². The quantitative estimate of drug-likeness (QED) is 0.464. The van der Waals surface area contributed by atoms with E-state index in [0.717, 1.165) is 10.8 Å². The molecule has 0 fully saturated rings. The Bertz CT molecular complexity index is 1190. The molecule has 3 aromatic rings. The van der Waals surface area contributed by atoms with Crippen LogP contribution in [0.3, 0.4) is 0 Å². The van der Waals surface area contributed by atoms with Gasteiger partial charge in [-0.25, -0.2) is 9.78 Å². The highest BCUT2D eigenvalue weighted by atomic mass is 35.5. The summed E-state index contributed by atoms with van der Waals surface area (Å²) in [4.78, 5) is 27.6. The molecule has 1 heterocycles. The average Bonchev–Trinajstić information content (AvgIpc) is 2.92. The maximum absolute atomic E-state index is 12.7. The second-order valence-corrected chi connectivity index (χ2v) is 6.78. The molecule has 0 aliphatic heterocycles. The minimum atomic E-state index is -1.37. The smallest absolute Gasteiger partial charge is 0.356 e. The third-order valence-electron chi connectivity index (χ3n) is 4.14. The number of carboxylic acids is 1. The number of anilines is 1. The number of hydrazone groups is 1. The van der Waals surface area contributed by atoms with Crippen LogP contribution in [0, 0.1) is 0 Å². The molecule has 0 unspecified atom stereocenters. The molecule has 0 bridgehead atoms. The Morgan fingerprint density at radius 2 is 1.70 bits per heavy atom. The molecule has 0 saturated carbocycles. The Hall–Kier alpha value is -2.67. The molecule has 1 aliphatic rings. The van der Waals surface area contributed by atoms with Gasteiger partial charge in [-0.15, -0.1) is 0 Å². The van der Waals surface area contributed by atoms with Crippen molar-refractivity contribution < 1.29 is 14.7 Å². The van der Waals surface area contributed by atoms with E-state index in [0.29, 0.717) is 11.1 Å². The van der Waals surface area contributed by atoms with E-state index in [-0.39, 0.29) is 32.4 Å². The summed E-state index contributed by atoms with van der Waals surface area (Å²) in [7, 11) is 0. The predicted molar refractivity (Wildman–Crippen MR) is 105 cm³/mol. The number of halogens is 3. The average molecular weight is 421 g/mol. The van der Waals surface area contributed by atoms with E-state index >= 15 is 0 Å². The van der Waals surface area contributed by atoms with Gasteiger partial charge >= 0.3 is 5.97 Å². The predicted octanol–water partition coefficient (Wildman–Crippen LogP) is 4.91. The van der Waals surface area contributed by atoms with Gasteiger partial charge in [0.2, 0.25) is 5.78 Å². The maximum Gasteiger partial charge on any atom is 0.356 e. The van der Waals surface area contributed by atoms with Gasteiger partial charge in [0.25, 0.3) is 0 Å². The molecule has 1 aromatic heterocycles. The van der Waals surface area contributed by atoms with Gasteiger partial charge in [-0.2, -0.15) is 5.10 Å². The highest BCUT2D eigenvalue weighted by Gasteiger charge is 2.29. The SMILES string of the molecule is O=C(O)c1nc(Cl)c(Cl)c(N/N=C2/C(=O)c3cccc4cccc2c34)c1Cl. The summed E-state index contributed by atoms with van der Waals surface area (Å²) in [5, 5.41) is 14.4. The summed E-state index contributed by atoms with van der Waals surface area (Å²) in [6, 6.07) is 10.9. The molecule has 0 atom stereocenters. The molecule has 2 aromatic carbocycles. The first kappa shape index (κ1) is 17.7. The Morgan fingerprint density at radius 3 is 2.37 bits per heavy atom. The standard InChI is InChI=1S/C18H8Cl3N3O3/c19-11-14(12(20)17(21)22-15(11)18(26)27)24-23-13-8-5-1-3-7-4-2-6-9(10(7)8)16(13)25/h1-6H,(H,22,24)(H,26,27)/b23-13+. The fourth-order valence-corrected chi connectivity index (χ4v) is 3.62. The van der Waals surface area contributed by atoms with E-state index < -0.39 is 11.7 Å². The van der Waals surface area contributed by atoms with Crippen molar-refractivity contribution in [3.63, 3.8) is 0 Å². The summed E-state index contributed by atoms with van der Waals surface area (Å²) in [6.45, 7) is 0. The van der Waals surface area contributed by atoms with Crippen LogP contribution in [0.2, 0.25) is 15.2 Å². The van der Waals surface area contributed by atoms with Crippen LogP contribution in [0.5, 0.6) is 0 Å². The monoisotopic (exact) mass is 419 g/mol. The number of aromatic nitrogens is 1. The highest BCUT2D eigenvalue weighted by Crippen LogP contribution is 2.37. The minimum Gasteiger partial charge on any atom is -0.476 e. The lowest BCUT2D eigenvalue weighted by atomic mass is 10.1. The normalized spacial score (nSPS) is 14.2. The third-order valence-corrected chi connectivity index (χ3v) is 5.25. The molecule has 1 aliphatic carbocycles. The van der Waals surface area contributed by atoms with Crippen LogP contribution >= 0.6 is 34.8 Å². The number of nitrogens with zero attached hydrogens (tertiary/aromatic N) is 2. The Morgan fingerprint density at radius 1 is 1.04 bits per heavy atom. The molecule has 0 radical (unpaired) electrons. The largest absolute Gasteiger partial charge is 0.476 e. The van der Waals surface area contributed by atoms with Crippen LogP contribution in [0.25, 0.3) is 10.8 Å². The molecule has 9 heteroatoms. The van der Waals surface area contributed by atoms with E-state index in [2.05, 4.69) is 15.5 Å². The maximum atomic E-state index is 12.7. The van der Waals surface area contributed by atoms with Crippen LogP contribution < -0.4 is 5.43 Å². The van der Waals surface area contributed by atoms with Crippen molar-refractivity contribution in [2.24, 2.45) is 5.10 Å². The molecular weight excluding hydrogens is 413 g/mol.